The van der Waals surface area contributed by atoms with Gasteiger partial charge in [0.25, 0.3) is 0 Å². The average Bonchev–Trinajstić information content (AvgIpc) is 2.96. The Morgan fingerprint density at radius 2 is 1.65 bits per heavy atom. The van der Waals surface area contributed by atoms with Crippen LogP contribution < -0.4 is 23.7 Å². The van der Waals surface area contributed by atoms with Gasteiger partial charge in [-0.15, -0.1) is 0 Å². The summed E-state index contributed by atoms with van der Waals surface area (Å²) >= 11 is 0. The molecule has 0 amide bonds. The van der Waals surface area contributed by atoms with Crippen molar-refractivity contribution in [3.8, 4) is 28.7 Å². The van der Waals surface area contributed by atoms with Gasteiger partial charge in [0.15, 0.2) is 17.3 Å². The van der Waals surface area contributed by atoms with Gasteiger partial charge in [-0.3, -0.25) is 4.79 Å². The molecule has 0 fully saturated rings. The lowest BCUT2D eigenvalue weighted by atomic mass is 10.1. The second-order valence-corrected chi connectivity index (χ2v) is 5.48. The van der Waals surface area contributed by atoms with Gasteiger partial charge in [0.05, 0.1) is 33.5 Å². The van der Waals surface area contributed by atoms with Gasteiger partial charge in [0.2, 0.25) is 5.78 Å². The van der Waals surface area contributed by atoms with E-state index >= 15 is 0 Å². The molecule has 1 aliphatic rings. The van der Waals surface area contributed by atoms with E-state index in [0.717, 1.165) is 0 Å². The molecule has 0 unspecified atom stereocenters. The molecular weight excluding hydrogens is 336 g/mol. The maximum atomic E-state index is 12.6. The lowest BCUT2D eigenvalue weighted by molar-refractivity contribution is 0.101. The summed E-state index contributed by atoms with van der Waals surface area (Å²) in [5, 5.41) is 0. The van der Waals surface area contributed by atoms with Gasteiger partial charge in [0, 0.05) is 17.7 Å². The molecule has 0 aliphatic carbocycles. The number of carbonyl (C=O) groups excluding carboxylic acids is 1. The molecule has 0 saturated heterocycles. The molecule has 2 aromatic carbocycles. The van der Waals surface area contributed by atoms with E-state index in [1.165, 1.54) is 0 Å². The minimum atomic E-state index is -0.195. The second kappa shape index (κ2) is 7.39. The first-order valence-electron chi connectivity index (χ1n) is 8.12. The SMILES string of the molecule is CCOc1ccc2c(c1)OC(=Cc1cc(OC)c(OC)cc1OC)C2=O. The number of methoxy groups -OCH3 is 3. The summed E-state index contributed by atoms with van der Waals surface area (Å²) in [5.41, 5.74) is 1.14. The van der Waals surface area contributed by atoms with E-state index in [0.29, 0.717) is 46.5 Å². The van der Waals surface area contributed by atoms with Crippen LogP contribution in [0.2, 0.25) is 0 Å². The van der Waals surface area contributed by atoms with Crippen molar-refractivity contribution >= 4 is 11.9 Å². The topological polar surface area (TPSA) is 63.2 Å². The van der Waals surface area contributed by atoms with E-state index in [4.69, 9.17) is 23.7 Å². The minimum absolute atomic E-state index is 0.195. The minimum Gasteiger partial charge on any atom is -0.496 e. The Bertz CT molecular complexity index is 869. The zero-order valence-electron chi connectivity index (χ0n) is 15.1. The highest BCUT2D eigenvalue weighted by Gasteiger charge is 2.28. The van der Waals surface area contributed by atoms with Gasteiger partial charge in [0.1, 0.15) is 17.2 Å². The molecule has 2 aromatic rings. The monoisotopic (exact) mass is 356 g/mol. The molecule has 0 bridgehead atoms. The Kier molecular flexibility index (Phi) is 5.02. The first-order chi connectivity index (χ1) is 12.6. The van der Waals surface area contributed by atoms with Crippen LogP contribution in [0.15, 0.2) is 36.1 Å². The quantitative estimate of drug-likeness (QED) is 0.735. The Hall–Kier alpha value is -3.15. The van der Waals surface area contributed by atoms with Crippen molar-refractivity contribution < 1.29 is 28.5 Å². The number of carbonyl (C=O) groups is 1. The molecule has 0 N–H and O–H groups in total. The fraction of sp³-hybridized carbons (Fsp3) is 0.250. The van der Waals surface area contributed by atoms with Crippen molar-refractivity contribution in [2.75, 3.05) is 27.9 Å². The highest BCUT2D eigenvalue weighted by atomic mass is 16.5. The van der Waals surface area contributed by atoms with Crippen LogP contribution in [0.25, 0.3) is 6.08 Å². The second-order valence-electron chi connectivity index (χ2n) is 5.48. The van der Waals surface area contributed by atoms with E-state index in [1.54, 1.807) is 57.7 Å². The molecule has 3 rings (SSSR count). The molecule has 0 atom stereocenters. The Morgan fingerprint density at radius 1 is 0.962 bits per heavy atom. The molecule has 0 radical (unpaired) electrons. The maximum absolute atomic E-state index is 12.6. The van der Waals surface area contributed by atoms with Crippen molar-refractivity contribution in [1.82, 2.24) is 0 Å². The molecule has 6 nitrogen and oxygen atoms in total. The third-order valence-electron chi connectivity index (χ3n) is 3.97. The van der Waals surface area contributed by atoms with Crippen molar-refractivity contribution in [1.29, 1.82) is 0 Å². The number of rotatable bonds is 6. The van der Waals surface area contributed by atoms with Gasteiger partial charge < -0.3 is 23.7 Å². The van der Waals surface area contributed by atoms with Crippen LogP contribution in [-0.2, 0) is 0 Å². The highest BCUT2D eigenvalue weighted by molar-refractivity contribution is 6.14. The standard InChI is InChI=1S/C20H20O6/c1-5-25-13-6-7-14-16(10-13)26-19(20(14)21)9-12-8-17(23-3)18(24-4)11-15(12)22-2/h6-11H,5H2,1-4H3. The molecule has 0 saturated carbocycles. The molecular formula is C20H20O6. The Labute approximate surface area is 151 Å². The van der Waals surface area contributed by atoms with Crippen LogP contribution in [0.1, 0.15) is 22.8 Å². The van der Waals surface area contributed by atoms with Gasteiger partial charge >= 0.3 is 0 Å². The first kappa shape index (κ1) is 17.7. The molecule has 6 heteroatoms. The largest absolute Gasteiger partial charge is 0.496 e. The number of Topliss-reactive ketones (excluding diaryl/α,β-unsaturated/α-hetero) is 1. The van der Waals surface area contributed by atoms with Gasteiger partial charge in [-0.2, -0.15) is 0 Å². The number of ether oxygens (including phenoxy) is 5. The number of allylic oxidation sites excluding steroid dienone is 1. The van der Waals surface area contributed by atoms with Gasteiger partial charge in [-0.1, -0.05) is 0 Å². The van der Waals surface area contributed by atoms with Crippen molar-refractivity contribution in [2.24, 2.45) is 0 Å². The molecule has 136 valence electrons. The van der Waals surface area contributed by atoms with Crippen molar-refractivity contribution in [3.63, 3.8) is 0 Å². The zero-order chi connectivity index (χ0) is 18.7. The van der Waals surface area contributed by atoms with Crippen LogP contribution in [0, 0.1) is 0 Å². The zero-order valence-corrected chi connectivity index (χ0v) is 15.1. The summed E-state index contributed by atoms with van der Waals surface area (Å²) in [4.78, 5) is 12.6. The van der Waals surface area contributed by atoms with E-state index < -0.39 is 0 Å². The fourth-order valence-corrected chi connectivity index (χ4v) is 2.73. The average molecular weight is 356 g/mol. The summed E-state index contributed by atoms with van der Waals surface area (Å²) in [6.07, 6.45) is 1.63. The summed E-state index contributed by atoms with van der Waals surface area (Å²) in [6, 6.07) is 8.60. The predicted molar refractivity (Wildman–Crippen MR) is 96.6 cm³/mol. The number of benzene rings is 2. The third-order valence-corrected chi connectivity index (χ3v) is 3.97. The lowest BCUT2D eigenvalue weighted by Crippen LogP contribution is -2.00. The molecule has 26 heavy (non-hydrogen) atoms. The Morgan fingerprint density at radius 3 is 2.31 bits per heavy atom. The molecule has 1 aliphatic heterocycles. The van der Waals surface area contributed by atoms with Crippen LogP contribution in [0.4, 0.5) is 0 Å². The molecule has 0 spiro atoms. The number of ketones is 1. The maximum Gasteiger partial charge on any atom is 0.231 e. The number of hydrogen-bond donors (Lipinski definition) is 0. The fourth-order valence-electron chi connectivity index (χ4n) is 2.73. The molecule has 0 aromatic heterocycles. The number of fused-ring (bicyclic) bond motifs is 1. The third kappa shape index (κ3) is 3.18. The number of hydrogen-bond acceptors (Lipinski definition) is 6. The lowest BCUT2D eigenvalue weighted by Gasteiger charge is -2.12. The van der Waals surface area contributed by atoms with Crippen LogP contribution in [0.5, 0.6) is 28.7 Å². The van der Waals surface area contributed by atoms with E-state index in [1.807, 2.05) is 6.92 Å². The summed E-state index contributed by atoms with van der Waals surface area (Å²) in [6.45, 7) is 2.44. The summed E-state index contributed by atoms with van der Waals surface area (Å²) < 4.78 is 27.2. The summed E-state index contributed by atoms with van der Waals surface area (Å²) in [7, 11) is 4.64. The van der Waals surface area contributed by atoms with Crippen molar-refractivity contribution in [2.45, 2.75) is 6.92 Å². The smallest absolute Gasteiger partial charge is 0.231 e. The van der Waals surface area contributed by atoms with Crippen LogP contribution >= 0.6 is 0 Å². The van der Waals surface area contributed by atoms with E-state index in [9.17, 15) is 4.79 Å². The summed E-state index contributed by atoms with van der Waals surface area (Å²) in [5.74, 6) is 2.75. The van der Waals surface area contributed by atoms with Gasteiger partial charge in [-0.25, -0.2) is 0 Å². The Balaban J connectivity index is 1.99. The van der Waals surface area contributed by atoms with E-state index in [-0.39, 0.29) is 11.5 Å². The molecule has 1 heterocycles. The highest BCUT2D eigenvalue weighted by Crippen LogP contribution is 2.38. The predicted octanol–water partition coefficient (Wildman–Crippen LogP) is 3.73. The van der Waals surface area contributed by atoms with Gasteiger partial charge in [-0.05, 0) is 31.2 Å². The first-order valence-corrected chi connectivity index (χ1v) is 8.12. The van der Waals surface area contributed by atoms with Crippen LogP contribution in [0.3, 0.4) is 0 Å². The van der Waals surface area contributed by atoms with E-state index in [2.05, 4.69) is 0 Å². The van der Waals surface area contributed by atoms with Crippen LogP contribution in [-0.4, -0.2) is 33.7 Å². The van der Waals surface area contributed by atoms with Crippen molar-refractivity contribution in [3.05, 3.63) is 47.2 Å². The normalized spacial score (nSPS) is 14.0.